The highest BCUT2D eigenvalue weighted by Crippen LogP contribution is 2.31. The summed E-state index contributed by atoms with van der Waals surface area (Å²) in [7, 11) is 0. The molecule has 0 aliphatic heterocycles. The number of benzene rings is 1. The number of carbonyl (C=O) groups is 1. The number of esters is 1. The first kappa shape index (κ1) is 15.0. The van der Waals surface area contributed by atoms with Gasteiger partial charge in [0, 0.05) is 11.6 Å². The van der Waals surface area contributed by atoms with Gasteiger partial charge in [0.25, 0.3) is 0 Å². The molecule has 0 aliphatic rings. The van der Waals surface area contributed by atoms with E-state index in [9.17, 15) is 13.6 Å². The Labute approximate surface area is 113 Å². The highest BCUT2D eigenvalue weighted by atomic mass is 35.5. The molecule has 0 heterocycles. The van der Waals surface area contributed by atoms with Gasteiger partial charge in [0.2, 0.25) is 0 Å². The zero-order valence-electron chi connectivity index (χ0n) is 9.44. The van der Waals surface area contributed by atoms with Crippen LogP contribution in [0.2, 0.25) is 5.02 Å². The molecule has 0 saturated carbocycles. The smallest absolute Gasteiger partial charge is 0.344 e. The number of ether oxygens (including phenoxy) is 2. The highest BCUT2D eigenvalue weighted by Gasteiger charge is 2.18. The molecule has 0 unspecified atom stereocenters. The molecule has 100 valence electrons. The zero-order valence-corrected chi connectivity index (χ0v) is 10.9. The number of carbonyl (C=O) groups excluding carboxylic acids is 1. The van der Waals surface area contributed by atoms with Crippen molar-refractivity contribution in [2.24, 2.45) is 0 Å². The molecule has 0 radical (unpaired) electrons. The van der Waals surface area contributed by atoms with Gasteiger partial charge in [0.05, 0.1) is 17.5 Å². The van der Waals surface area contributed by atoms with Crippen LogP contribution < -0.4 is 4.74 Å². The lowest BCUT2D eigenvalue weighted by Crippen LogP contribution is -2.15. The van der Waals surface area contributed by atoms with Gasteiger partial charge in [-0.2, -0.15) is 0 Å². The minimum Gasteiger partial charge on any atom is -0.479 e. The molecule has 1 aromatic carbocycles. The summed E-state index contributed by atoms with van der Waals surface area (Å²) in [6, 6.07) is 0.790. The fraction of sp³-hybridized carbons (Fsp3) is 0.364. The van der Waals surface area contributed by atoms with E-state index >= 15 is 0 Å². The van der Waals surface area contributed by atoms with Crippen LogP contribution in [0.25, 0.3) is 0 Å². The van der Waals surface area contributed by atoms with E-state index in [1.807, 2.05) is 0 Å². The van der Waals surface area contributed by atoms with Gasteiger partial charge in [-0.15, -0.1) is 11.6 Å². The number of rotatable bonds is 5. The van der Waals surface area contributed by atoms with Gasteiger partial charge in [-0.05, 0) is 6.92 Å². The van der Waals surface area contributed by atoms with E-state index in [0.29, 0.717) is 0 Å². The normalized spacial score (nSPS) is 10.3. The Hall–Kier alpha value is -1.07. The van der Waals surface area contributed by atoms with E-state index in [0.717, 1.165) is 6.07 Å². The molecule has 7 heteroatoms. The van der Waals surface area contributed by atoms with Crippen LogP contribution in [0.4, 0.5) is 8.78 Å². The molecular formula is C11H10Cl2F2O3. The molecule has 3 nitrogen and oxygen atoms in total. The summed E-state index contributed by atoms with van der Waals surface area (Å²) in [5.41, 5.74) is -0.153. The Balaban J connectivity index is 2.88. The van der Waals surface area contributed by atoms with Gasteiger partial charge in [-0.25, -0.2) is 13.6 Å². The van der Waals surface area contributed by atoms with Crippen molar-refractivity contribution in [3.05, 3.63) is 28.3 Å². The van der Waals surface area contributed by atoms with Crippen LogP contribution in [-0.4, -0.2) is 19.2 Å². The van der Waals surface area contributed by atoms with Crippen molar-refractivity contribution in [2.75, 3.05) is 13.2 Å². The average Bonchev–Trinajstić information content (AvgIpc) is 2.33. The van der Waals surface area contributed by atoms with Gasteiger partial charge in [-0.1, -0.05) is 11.6 Å². The molecule has 0 amide bonds. The van der Waals surface area contributed by atoms with Crippen molar-refractivity contribution in [3.8, 4) is 5.75 Å². The van der Waals surface area contributed by atoms with E-state index < -0.39 is 35.0 Å². The minimum atomic E-state index is -0.960. The Kier molecular flexibility index (Phi) is 5.62. The predicted molar refractivity (Wildman–Crippen MR) is 63.1 cm³/mol. The molecule has 0 atom stereocenters. The van der Waals surface area contributed by atoms with E-state index in [-0.39, 0.29) is 18.1 Å². The van der Waals surface area contributed by atoms with E-state index in [1.165, 1.54) is 0 Å². The lowest BCUT2D eigenvalue weighted by atomic mass is 10.2. The van der Waals surface area contributed by atoms with Crippen LogP contribution in [0.3, 0.4) is 0 Å². The maximum absolute atomic E-state index is 13.6. The van der Waals surface area contributed by atoms with Gasteiger partial charge < -0.3 is 9.47 Å². The lowest BCUT2D eigenvalue weighted by molar-refractivity contribution is -0.145. The summed E-state index contributed by atoms with van der Waals surface area (Å²) in [6.07, 6.45) is 0. The lowest BCUT2D eigenvalue weighted by Gasteiger charge is -2.10. The van der Waals surface area contributed by atoms with E-state index in [1.54, 1.807) is 6.92 Å². The molecule has 18 heavy (non-hydrogen) atoms. The second-order valence-corrected chi connectivity index (χ2v) is 3.84. The first-order chi connectivity index (χ1) is 8.51. The van der Waals surface area contributed by atoms with Crippen molar-refractivity contribution in [1.29, 1.82) is 0 Å². The maximum atomic E-state index is 13.6. The van der Waals surface area contributed by atoms with Gasteiger partial charge >= 0.3 is 5.97 Å². The molecule has 0 N–H and O–H groups in total. The Morgan fingerprint density at radius 1 is 1.44 bits per heavy atom. The van der Waals surface area contributed by atoms with Crippen molar-refractivity contribution in [1.82, 2.24) is 0 Å². The number of hydrogen-bond donors (Lipinski definition) is 0. The maximum Gasteiger partial charge on any atom is 0.344 e. The van der Waals surface area contributed by atoms with Crippen LogP contribution in [0.15, 0.2) is 6.07 Å². The largest absolute Gasteiger partial charge is 0.479 e. The summed E-state index contributed by atoms with van der Waals surface area (Å²) in [6.45, 7) is 1.26. The van der Waals surface area contributed by atoms with Crippen molar-refractivity contribution < 1.29 is 23.0 Å². The standard InChI is InChI=1S/C11H10Cl2F2O3/c1-2-17-9(16)5-18-8-3-7(14)6(4-12)10(13)11(8)15/h3H,2,4-5H2,1H3. The monoisotopic (exact) mass is 298 g/mol. The van der Waals surface area contributed by atoms with Crippen LogP contribution in [0.5, 0.6) is 5.75 Å². The molecular weight excluding hydrogens is 289 g/mol. The molecule has 0 aromatic heterocycles. The third-order valence-electron chi connectivity index (χ3n) is 2.00. The Bertz CT molecular complexity index is 452. The second-order valence-electron chi connectivity index (χ2n) is 3.19. The SMILES string of the molecule is CCOC(=O)COc1cc(F)c(CCl)c(Cl)c1F. The third-order valence-corrected chi connectivity index (χ3v) is 2.67. The molecule has 0 fully saturated rings. The molecule has 0 bridgehead atoms. The first-order valence-electron chi connectivity index (χ1n) is 5.02. The summed E-state index contributed by atoms with van der Waals surface area (Å²) in [4.78, 5) is 11.0. The fourth-order valence-corrected chi connectivity index (χ4v) is 1.76. The summed E-state index contributed by atoms with van der Waals surface area (Å²) in [5, 5.41) is -0.455. The van der Waals surface area contributed by atoms with Crippen LogP contribution in [-0.2, 0) is 15.4 Å². The van der Waals surface area contributed by atoms with Crippen molar-refractivity contribution >= 4 is 29.2 Å². The number of alkyl halides is 1. The minimum absolute atomic E-state index is 0.153. The van der Waals surface area contributed by atoms with Gasteiger partial charge in [-0.3, -0.25) is 0 Å². The van der Waals surface area contributed by atoms with Crippen molar-refractivity contribution in [2.45, 2.75) is 12.8 Å². The van der Waals surface area contributed by atoms with Crippen LogP contribution >= 0.6 is 23.2 Å². The third kappa shape index (κ3) is 3.46. The van der Waals surface area contributed by atoms with Gasteiger partial charge in [0.15, 0.2) is 18.2 Å². The fourth-order valence-electron chi connectivity index (χ4n) is 1.18. The predicted octanol–water partition coefficient (Wildman–Crippen LogP) is 3.30. The summed E-state index contributed by atoms with van der Waals surface area (Å²) >= 11 is 11.0. The van der Waals surface area contributed by atoms with E-state index in [2.05, 4.69) is 4.74 Å². The van der Waals surface area contributed by atoms with Crippen molar-refractivity contribution in [3.63, 3.8) is 0 Å². The first-order valence-corrected chi connectivity index (χ1v) is 5.93. The highest BCUT2D eigenvalue weighted by molar-refractivity contribution is 6.32. The molecule has 0 spiro atoms. The Morgan fingerprint density at radius 2 is 2.11 bits per heavy atom. The average molecular weight is 299 g/mol. The van der Waals surface area contributed by atoms with E-state index in [4.69, 9.17) is 27.9 Å². The number of halogens is 4. The molecule has 0 aliphatic carbocycles. The number of hydrogen-bond acceptors (Lipinski definition) is 3. The quantitative estimate of drug-likeness (QED) is 0.475. The van der Waals surface area contributed by atoms with Crippen LogP contribution in [0, 0.1) is 11.6 Å². The van der Waals surface area contributed by atoms with Gasteiger partial charge in [0.1, 0.15) is 5.82 Å². The molecule has 0 saturated heterocycles. The molecule has 1 aromatic rings. The topological polar surface area (TPSA) is 35.5 Å². The molecule has 1 rings (SSSR count). The summed E-state index contributed by atoms with van der Waals surface area (Å²) < 4.78 is 36.4. The second kappa shape index (κ2) is 6.75. The van der Waals surface area contributed by atoms with Crippen LogP contribution in [0.1, 0.15) is 12.5 Å². The zero-order chi connectivity index (χ0) is 13.7. The summed E-state index contributed by atoms with van der Waals surface area (Å²) in [5.74, 6) is -3.16. The Morgan fingerprint density at radius 3 is 2.67 bits per heavy atom.